The smallest absolute Gasteiger partial charge is 0.0577 e. The van der Waals surface area contributed by atoms with Crippen LogP contribution in [0.5, 0.6) is 0 Å². The van der Waals surface area contributed by atoms with E-state index >= 15 is 0 Å². The quantitative estimate of drug-likeness (QED) is 0.512. The van der Waals surface area contributed by atoms with Gasteiger partial charge in [-0.05, 0) is 114 Å². The molecule has 0 bridgehead atoms. The molecule has 29 heavy (non-hydrogen) atoms. The molecule has 1 heterocycles. The zero-order valence-corrected chi connectivity index (χ0v) is 19.5. The number of allylic oxidation sites excluding steroid dienone is 3. The average molecular weight is 411 g/mol. The molecule has 0 unspecified atom stereocenters. The third-order valence-corrected chi connectivity index (χ3v) is 10.4. The van der Waals surface area contributed by atoms with E-state index in [2.05, 4.69) is 50.6 Å². The van der Waals surface area contributed by atoms with Crippen LogP contribution in [0.3, 0.4) is 0 Å². The van der Waals surface area contributed by atoms with E-state index < -0.39 is 0 Å². The van der Waals surface area contributed by atoms with Gasteiger partial charge in [-0.3, -0.25) is 0 Å². The Hall–Kier alpha value is -0.860. The zero-order valence-electron chi connectivity index (χ0n) is 18.7. The van der Waals surface area contributed by atoms with Crippen LogP contribution in [-0.2, 0) is 0 Å². The number of hydrogen-bond donors (Lipinski definition) is 1. The van der Waals surface area contributed by atoms with Crippen LogP contribution in [0.4, 0.5) is 0 Å². The van der Waals surface area contributed by atoms with Gasteiger partial charge in [-0.25, -0.2) is 0 Å². The van der Waals surface area contributed by atoms with E-state index in [-0.39, 0.29) is 6.10 Å². The van der Waals surface area contributed by atoms with Gasteiger partial charge in [0.2, 0.25) is 0 Å². The van der Waals surface area contributed by atoms with Gasteiger partial charge in [0.25, 0.3) is 0 Å². The van der Waals surface area contributed by atoms with Crippen molar-refractivity contribution < 1.29 is 5.11 Å². The van der Waals surface area contributed by atoms with Gasteiger partial charge in [-0.2, -0.15) is 11.3 Å². The van der Waals surface area contributed by atoms with Crippen molar-refractivity contribution in [3.05, 3.63) is 39.6 Å². The number of aliphatic hydroxyl groups excluding tert-OH is 1. The summed E-state index contributed by atoms with van der Waals surface area (Å²) < 4.78 is 0. The lowest BCUT2D eigenvalue weighted by Gasteiger charge is -2.60. The Bertz CT molecular complexity index is 833. The molecule has 0 aliphatic heterocycles. The van der Waals surface area contributed by atoms with E-state index in [0.29, 0.717) is 16.7 Å². The standard InChI is InChI=1S/C27H38OS/c1-5-17-13-20-15-21(28)7-10-26(20,3)22-8-11-27(4)23(24(17)22)14-18(6-2)25(27)19-9-12-29-16-19/h9,12-13,16-17,21-24,28H,5-8,10-11,14-15H2,1-4H3/t17-,21-,22-,23-,24+,26-,27-/m0/s1. The van der Waals surface area contributed by atoms with Crippen molar-refractivity contribution in [3.63, 3.8) is 0 Å². The molecule has 1 aromatic rings. The number of fused-ring (bicyclic) bond motifs is 5. The molecule has 7 atom stereocenters. The number of thiophene rings is 1. The molecule has 1 nitrogen and oxygen atoms in total. The lowest BCUT2D eigenvalue weighted by Crippen LogP contribution is -2.52. The highest BCUT2D eigenvalue weighted by atomic mass is 32.1. The molecule has 5 rings (SSSR count). The van der Waals surface area contributed by atoms with Crippen molar-refractivity contribution in [2.45, 2.75) is 85.2 Å². The molecule has 1 aromatic heterocycles. The molecular weight excluding hydrogens is 372 g/mol. The normalized spacial score (nSPS) is 44.2. The maximum absolute atomic E-state index is 10.4. The molecular formula is C27H38OS. The summed E-state index contributed by atoms with van der Waals surface area (Å²) in [7, 11) is 0. The molecule has 4 aliphatic carbocycles. The van der Waals surface area contributed by atoms with Crippen molar-refractivity contribution >= 4 is 16.9 Å². The van der Waals surface area contributed by atoms with E-state index in [1.807, 2.05) is 11.3 Å². The molecule has 2 saturated carbocycles. The highest BCUT2D eigenvalue weighted by Gasteiger charge is 2.59. The lowest BCUT2D eigenvalue weighted by atomic mass is 9.45. The first-order valence-electron chi connectivity index (χ1n) is 12.1. The molecule has 158 valence electrons. The predicted molar refractivity (Wildman–Crippen MR) is 124 cm³/mol. The average Bonchev–Trinajstić information content (AvgIpc) is 3.32. The molecule has 0 radical (unpaired) electrons. The van der Waals surface area contributed by atoms with Crippen LogP contribution in [0.2, 0.25) is 0 Å². The third-order valence-electron chi connectivity index (χ3n) is 9.74. The second-order valence-electron chi connectivity index (χ2n) is 10.9. The Balaban J connectivity index is 1.58. The molecule has 2 fully saturated rings. The Labute approximate surface area is 181 Å². The summed E-state index contributed by atoms with van der Waals surface area (Å²) in [6, 6.07) is 2.37. The summed E-state index contributed by atoms with van der Waals surface area (Å²) in [6.07, 6.45) is 12.1. The van der Waals surface area contributed by atoms with Crippen LogP contribution >= 0.6 is 11.3 Å². The molecule has 0 saturated heterocycles. The minimum Gasteiger partial charge on any atom is -0.393 e. The minimum absolute atomic E-state index is 0.109. The lowest BCUT2D eigenvalue weighted by molar-refractivity contribution is -0.0468. The summed E-state index contributed by atoms with van der Waals surface area (Å²) in [5.74, 6) is 3.09. The van der Waals surface area contributed by atoms with Gasteiger partial charge < -0.3 is 5.11 Å². The van der Waals surface area contributed by atoms with E-state index in [4.69, 9.17) is 0 Å². The van der Waals surface area contributed by atoms with Crippen molar-refractivity contribution in [1.29, 1.82) is 0 Å². The summed E-state index contributed by atoms with van der Waals surface area (Å²) >= 11 is 1.85. The SMILES string of the molecule is CCC1=C(c2ccsc2)[C@@]2(C)CC[C@H]3[C@@H]([C@@H](CC)C=C4C[C@@H](O)CC[C@@]43C)[C@@H]2C1. The Morgan fingerprint density at radius 2 is 1.86 bits per heavy atom. The first-order chi connectivity index (χ1) is 13.9. The molecule has 1 N–H and O–H groups in total. The molecule has 4 aliphatic rings. The summed E-state index contributed by atoms with van der Waals surface area (Å²) in [5.41, 5.74) is 7.25. The van der Waals surface area contributed by atoms with Crippen LogP contribution in [0.1, 0.15) is 84.6 Å². The van der Waals surface area contributed by atoms with Crippen molar-refractivity contribution in [1.82, 2.24) is 0 Å². The highest BCUT2D eigenvalue weighted by molar-refractivity contribution is 7.08. The van der Waals surface area contributed by atoms with E-state index in [9.17, 15) is 5.11 Å². The van der Waals surface area contributed by atoms with Crippen LogP contribution in [-0.4, -0.2) is 11.2 Å². The maximum atomic E-state index is 10.4. The van der Waals surface area contributed by atoms with Crippen LogP contribution in [0, 0.1) is 34.5 Å². The maximum Gasteiger partial charge on any atom is 0.0577 e. The van der Waals surface area contributed by atoms with Gasteiger partial charge in [-0.1, -0.05) is 44.9 Å². The predicted octanol–water partition coefficient (Wildman–Crippen LogP) is 7.48. The second kappa shape index (κ2) is 7.09. The summed E-state index contributed by atoms with van der Waals surface area (Å²) in [6.45, 7) is 9.94. The monoisotopic (exact) mass is 410 g/mol. The van der Waals surface area contributed by atoms with E-state index in [0.717, 1.165) is 30.6 Å². The van der Waals surface area contributed by atoms with Gasteiger partial charge in [0.1, 0.15) is 0 Å². The second-order valence-corrected chi connectivity index (χ2v) is 11.7. The first kappa shape index (κ1) is 20.1. The summed E-state index contributed by atoms with van der Waals surface area (Å²) in [4.78, 5) is 0. The van der Waals surface area contributed by atoms with Gasteiger partial charge >= 0.3 is 0 Å². The fourth-order valence-corrected chi connectivity index (χ4v) is 8.89. The van der Waals surface area contributed by atoms with Crippen LogP contribution < -0.4 is 0 Å². The number of aliphatic hydroxyl groups is 1. The van der Waals surface area contributed by atoms with Gasteiger partial charge in [0, 0.05) is 0 Å². The van der Waals surface area contributed by atoms with Crippen LogP contribution in [0.25, 0.3) is 5.57 Å². The van der Waals surface area contributed by atoms with E-state index in [1.54, 1.807) is 16.7 Å². The van der Waals surface area contributed by atoms with E-state index in [1.165, 1.54) is 44.1 Å². The van der Waals surface area contributed by atoms with Crippen molar-refractivity contribution in [2.75, 3.05) is 0 Å². The fourth-order valence-electron chi connectivity index (χ4n) is 8.24. The zero-order chi connectivity index (χ0) is 20.4. The Kier molecular flexibility index (Phi) is 4.91. The largest absolute Gasteiger partial charge is 0.393 e. The summed E-state index contributed by atoms with van der Waals surface area (Å²) in [5, 5.41) is 15.0. The molecule has 2 heteroatoms. The van der Waals surface area contributed by atoms with Gasteiger partial charge in [0.15, 0.2) is 0 Å². The fraction of sp³-hybridized carbons (Fsp3) is 0.704. The minimum atomic E-state index is -0.109. The molecule has 0 aromatic carbocycles. The molecule has 0 amide bonds. The van der Waals surface area contributed by atoms with Gasteiger partial charge in [-0.15, -0.1) is 0 Å². The topological polar surface area (TPSA) is 20.2 Å². The third kappa shape index (κ3) is 2.81. The highest BCUT2D eigenvalue weighted by Crippen LogP contribution is 2.69. The number of rotatable bonds is 3. The van der Waals surface area contributed by atoms with Crippen molar-refractivity contribution in [3.8, 4) is 0 Å². The van der Waals surface area contributed by atoms with Crippen molar-refractivity contribution in [2.24, 2.45) is 34.5 Å². The number of hydrogen-bond acceptors (Lipinski definition) is 2. The van der Waals surface area contributed by atoms with Crippen LogP contribution in [0.15, 0.2) is 34.0 Å². The first-order valence-corrected chi connectivity index (χ1v) is 13.0. The Morgan fingerprint density at radius 1 is 1.07 bits per heavy atom. The van der Waals surface area contributed by atoms with Gasteiger partial charge in [0.05, 0.1) is 6.10 Å². The molecule has 0 spiro atoms. The Morgan fingerprint density at radius 3 is 2.55 bits per heavy atom.